The predicted octanol–water partition coefficient (Wildman–Crippen LogP) is 5.06. The van der Waals surface area contributed by atoms with Crippen LogP contribution in [0.25, 0.3) is 22.2 Å². The van der Waals surface area contributed by atoms with Gasteiger partial charge in [0.2, 0.25) is 0 Å². The molecule has 6 nitrogen and oxygen atoms in total. The SMILES string of the molecule is O=C(c1cc(OC(F)F)cc(OC(F)F)c1)c1c[nH]c2ncc(-c3cccnc3)cc12. The molecule has 0 bridgehead atoms. The van der Waals surface area contributed by atoms with Crippen molar-refractivity contribution in [2.75, 3.05) is 0 Å². The fraction of sp³-hybridized carbons (Fsp3) is 0.0952. The first-order valence-corrected chi connectivity index (χ1v) is 8.87. The van der Waals surface area contributed by atoms with E-state index in [1.807, 2.05) is 6.07 Å². The molecule has 0 aliphatic carbocycles. The molecule has 0 aliphatic heterocycles. The van der Waals surface area contributed by atoms with Gasteiger partial charge in [-0.05, 0) is 24.3 Å². The van der Waals surface area contributed by atoms with Crippen molar-refractivity contribution < 1.29 is 31.8 Å². The van der Waals surface area contributed by atoms with E-state index in [0.29, 0.717) is 16.6 Å². The number of nitrogens with one attached hydrogen (secondary N) is 1. The quantitative estimate of drug-likeness (QED) is 0.327. The number of ether oxygens (including phenoxy) is 2. The monoisotopic (exact) mass is 431 g/mol. The van der Waals surface area contributed by atoms with Crippen LogP contribution in [0.4, 0.5) is 17.6 Å². The van der Waals surface area contributed by atoms with Crippen molar-refractivity contribution in [3.8, 4) is 22.6 Å². The summed E-state index contributed by atoms with van der Waals surface area (Å²) in [6, 6.07) is 8.21. The van der Waals surface area contributed by atoms with Crippen LogP contribution in [0.15, 0.2) is 61.2 Å². The Morgan fingerprint density at radius 3 is 2.26 bits per heavy atom. The molecule has 10 heteroatoms. The summed E-state index contributed by atoms with van der Waals surface area (Å²) in [6.07, 6.45) is 6.27. The summed E-state index contributed by atoms with van der Waals surface area (Å²) < 4.78 is 59.0. The number of carbonyl (C=O) groups is 1. The van der Waals surface area contributed by atoms with Gasteiger partial charge in [-0.2, -0.15) is 17.6 Å². The topological polar surface area (TPSA) is 77.1 Å². The molecule has 0 saturated heterocycles. The van der Waals surface area contributed by atoms with Gasteiger partial charge < -0.3 is 14.5 Å². The van der Waals surface area contributed by atoms with Crippen LogP contribution < -0.4 is 9.47 Å². The highest BCUT2D eigenvalue weighted by molar-refractivity contribution is 6.16. The van der Waals surface area contributed by atoms with E-state index < -0.39 is 30.5 Å². The molecule has 0 fully saturated rings. The minimum absolute atomic E-state index is 0.165. The molecule has 31 heavy (non-hydrogen) atoms. The molecule has 3 aromatic heterocycles. The summed E-state index contributed by atoms with van der Waals surface area (Å²) in [5.74, 6) is -1.58. The Morgan fingerprint density at radius 1 is 0.935 bits per heavy atom. The highest BCUT2D eigenvalue weighted by Gasteiger charge is 2.19. The standard InChI is InChI=1S/C21H13F4N3O3/c22-20(23)30-14-4-12(5-15(7-14)31-21(24)25)18(29)17-10-28-19-16(17)6-13(9-27-19)11-2-1-3-26-8-11/h1-10,20-21H,(H,27,28). The van der Waals surface area contributed by atoms with Gasteiger partial charge in [-0.25, -0.2) is 4.98 Å². The zero-order chi connectivity index (χ0) is 22.0. The number of ketones is 1. The number of hydrogen-bond donors (Lipinski definition) is 1. The lowest BCUT2D eigenvalue weighted by atomic mass is 10.0. The Balaban J connectivity index is 1.76. The first kappa shape index (κ1) is 20.3. The fourth-order valence-electron chi connectivity index (χ4n) is 3.08. The van der Waals surface area contributed by atoms with Crippen molar-refractivity contribution in [3.63, 3.8) is 0 Å². The fourth-order valence-corrected chi connectivity index (χ4v) is 3.08. The Hall–Kier alpha value is -3.95. The second kappa shape index (κ2) is 8.42. The largest absolute Gasteiger partial charge is 0.435 e. The van der Waals surface area contributed by atoms with Crippen LogP contribution in [0, 0.1) is 0 Å². The number of aromatic amines is 1. The summed E-state index contributed by atoms with van der Waals surface area (Å²) in [5, 5.41) is 0.461. The van der Waals surface area contributed by atoms with Crippen LogP contribution in [-0.4, -0.2) is 34.0 Å². The van der Waals surface area contributed by atoms with Crippen molar-refractivity contribution in [2.45, 2.75) is 13.2 Å². The molecule has 0 aliphatic rings. The smallest absolute Gasteiger partial charge is 0.387 e. The maximum Gasteiger partial charge on any atom is 0.387 e. The third-order valence-electron chi connectivity index (χ3n) is 4.36. The van der Waals surface area contributed by atoms with Gasteiger partial charge in [0.05, 0.1) is 0 Å². The van der Waals surface area contributed by atoms with Crippen LogP contribution in [0.2, 0.25) is 0 Å². The number of alkyl halides is 4. The number of fused-ring (bicyclic) bond motifs is 1. The van der Waals surface area contributed by atoms with E-state index in [4.69, 9.17) is 0 Å². The maximum absolute atomic E-state index is 13.1. The first-order chi connectivity index (χ1) is 14.9. The zero-order valence-corrected chi connectivity index (χ0v) is 15.6. The number of hydrogen-bond acceptors (Lipinski definition) is 5. The third-order valence-corrected chi connectivity index (χ3v) is 4.36. The van der Waals surface area contributed by atoms with E-state index >= 15 is 0 Å². The summed E-state index contributed by atoms with van der Waals surface area (Å²) in [7, 11) is 0. The van der Waals surface area contributed by atoms with Gasteiger partial charge >= 0.3 is 13.2 Å². The molecular weight excluding hydrogens is 418 g/mol. The predicted molar refractivity (Wildman–Crippen MR) is 102 cm³/mol. The lowest BCUT2D eigenvalue weighted by Crippen LogP contribution is -2.08. The molecule has 4 aromatic rings. The van der Waals surface area contributed by atoms with Crippen LogP contribution >= 0.6 is 0 Å². The average Bonchev–Trinajstić information content (AvgIpc) is 3.16. The summed E-state index contributed by atoms with van der Waals surface area (Å²) >= 11 is 0. The summed E-state index contributed by atoms with van der Waals surface area (Å²) in [4.78, 5) is 24.3. The molecule has 0 saturated carbocycles. The molecule has 0 atom stereocenters. The lowest BCUT2D eigenvalue weighted by molar-refractivity contribution is -0.0543. The van der Waals surface area contributed by atoms with Gasteiger partial charge in [-0.1, -0.05) is 6.07 Å². The maximum atomic E-state index is 13.1. The Kier molecular flexibility index (Phi) is 5.52. The van der Waals surface area contributed by atoms with Crippen LogP contribution in [0.1, 0.15) is 15.9 Å². The minimum atomic E-state index is -3.20. The number of benzene rings is 1. The molecule has 0 spiro atoms. The Bertz CT molecular complexity index is 1200. The van der Waals surface area contributed by atoms with Crippen molar-refractivity contribution >= 4 is 16.8 Å². The van der Waals surface area contributed by atoms with E-state index in [2.05, 4.69) is 24.4 Å². The van der Waals surface area contributed by atoms with Gasteiger partial charge in [0.25, 0.3) is 0 Å². The van der Waals surface area contributed by atoms with Gasteiger partial charge in [0.15, 0.2) is 5.78 Å². The molecule has 158 valence electrons. The van der Waals surface area contributed by atoms with Gasteiger partial charge in [0, 0.05) is 58.5 Å². The van der Waals surface area contributed by atoms with Crippen molar-refractivity contribution in [1.29, 1.82) is 0 Å². The summed E-state index contributed by atoms with van der Waals surface area (Å²) in [5.41, 5.74) is 1.90. The van der Waals surface area contributed by atoms with Gasteiger partial charge in [-0.15, -0.1) is 0 Å². The molecule has 0 radical (unpaired) electrons. The molecule has 1 N–H and O–H groups in total. The number of aromatic nitrogens is 3. The average molecular weight is 431 g/mol. The van der Waals surface area contributed by atoms with E-state index in [1.54, 1.807) is 30.7 Å². The normalized spacial score (nSPS) is 11.3. The highest BCUT2D eigenvalue weighted by atomic mass is 19.3. The van der Waals surface area contributed by atoms with Crippen molar-refractivity contribution in [3.05, 3.63) is 72.3 Å². The highest BCUT2D eigenvalue weighted by Crippen LogP contribution is 2.30. The molecule has 0 unspecified atom stereocenters. The lowest BCUT2D eigenvalue weighted by Gasteiger charge is -2.11. The number of H-pyrrole nitrogens is 1. The van der Waals surface area contributed by atoms with Gasteiger partial charge in [0.1, 0.15) is 17.1 Å². The van der Waals surface area contributed by atoms with Crippen LogP contribution in [0.5, 0.6) is 11.5 Å². The van der Waals surface area contributed by atoms with Crippen LogP contribution in [-0.2, 0) is 0 Å². The number of rotatable bonds is 7. The Labute approximate surface area is 172 Å². The van der Waals surface area contributed by atoms with E-state index in [1.165, 1.54) is 6.20 Å². The number of halogens is 4. The van der Waals surface area contributed by atoms with E-state index in [9.17, 15) is 22.4 Å². The molecular formula is C21H13F4N3O3. The van der Waals surface area contributed by atoms with E-state index in [-0.39, 0.29) is 11.1 Å². The van der Waals surface area contributed by atoms with Gasteiger partial charge in [-0.3, -0.25) is 9.78 Å². The van der Waals surface area contributed by atoms with Crippen molar-refractivity contribution in [2.24, 2.45) is 0 Å². The molecule has 0 amide bonds. The molecule has 4 rings (SSSR count). The zero-order valence-electron chi connectivity index (χ0n) is 15.6. The summed E-state index contributed by atoms with van der Waals surface area (Å²) in [6.45, 7) is -6.41. The third kappa shape index (κ3) is 4.47. The molecule has 3 heterocycles. The Morgan fingerprint density at radius 2 is 1.65 bits per heavy atom. The number of pyridine rings is 2. The second-order valence-corrected chi connectivity index (χ2v) is 6.34. The second-order valence-electron chi connectivity index (χ2n) is 6.34. The van der Waals surface area contributed by atoms with Crippen LogP contribution in [0.3, 0.4) is 0 Å². The molecule has 1 aromatic carbocycles. The van der Waals surface area contributed by atoms with E-state index in [0.717, 1.165) is 23.8 Å². The first-order valence-electron chi connectivity index (χ1n) is 8.87. The number of nitrogens with zero attached hydrogens (tertiary/aromatic N) is 2. The van der Waals surface area contributed by atoms with Crippen molar-refractivity contribution in [1.82, 2.24) is 15.0 Å². The minimum Gasteiger partial charge on any atom is -0.435 e. The number of carbonyl (C=O) groups excluding carboxylic acids is 1.